The van der Waals surface area contributed by atoms with Crippen molar-refractivity contribution in [1.29, 1.82) is 0 Å². The molecule has 0 saturated carbocycles. The number of ether oxygens (including phenoxy) is 1. The first kappa shape index (κ1) is 22.3. The first-order valence-corrected chi connectivity index (χ1v) is 10.1. The lowest BCUT2D eigenvalue weighted by atomic mass is 10.1. The van der Waals surface area contributed by atoms with E-state index in [9.17, 15) is 4.79 Å². The number of esters is 1. The largest absolute Gasteiger partial charge is 0.423 e. The number of hydrogen-bond acceptors (Lipinski definition) is 5. The average Bonchev–Trinajstić information content (AvgIpc) is 2.67. The highest BCUT2D eigenvalue weighted by Crippen LogP contribution is 2.40. The van der Waals surface area contributed by atoms with E-state index < -0.39 is 13.6 Å². The van der Waals surface area contributed by atoms with Gasteiger partial charge in [-0.25, -0.2) is 19.7 Å². The van der Waals surface area contributed by atoms with Crippen molar-refractivity contribution >= 4 is 75.6 Å². The van der Waals surface area contributed by atoms with Crippen LogP contribution in [0.3, 0.4) is 0 Å². The van der Waals surface area contributed by atoms with Gasteiger partial charge >= 0.3 is 5.97 Å². The molecule has 0 unspecified atom stereocenters. The van der Waals surface area contributed by atoms with Crippen molar-refractivity contribution in [1.82, 2.24) is 15.0 Å². The number of aromatic nitrogens is 3. The summed E-state index contributed by atoms with van der Waals surface area (Å²) in [6, 6.07) is 14.9. The number of carbonyl (C=O) groups is 1. The van der Waals surface area contributed by atoms with E-state index in [1.165, 1.54) is 12.1 Å². The molecule has 0 aliphatic heterocycles. The SMILES string of the molecule is O=C(Oc1ccccc1)c1ccc(-c2nc(C(Cl)(Cl)Cl)nc(C(Cl)(Cl)Cl)n2)cc1. The molecule has 11 heteroatoms. The van der Waals surface area contributed by atoms with Gasteiger partial charge in [0.2, 0.25) is 7.59 Å². The van der Waals surface area contributed by atoms with Crippen molar-refractivity contribution in [3.05, 3.63) is 71.8 Å². The number of hydrogen-bond donors (Lipinski definition) is 0. The molecule has 150 valence electrons. The van der Waals surface area contributed by atoms with Crippen molar-refractivity contribution in [3.8, 4) is 17.1 Å². The Bertz CT molecular complexity index is 986. The predicted octanol–water partition coefficient (Wildman–Crippen LogP) is 6.41. The summed E-state index contributed by atoms with van der Waals surface area (Å²) in [5.41, 5.74) is 0.796. The molecule has 3 aromatic rings. The second kappa shape index (κ2) is 8.80. The van der Waals surface area contributed by atoms with Gasteiger partial charge in [-0.2, -0.15) is 0 Å². The maximum Gasteiger partial charge on any atom is 0.343 e. The zero-order valence-electron chi connectivity index (χ0n) is 14.1. The van der Waals surface area contributed by atoms with Crippen LogP contribution in [0.25, 0.3) is 11.4 Å². The molecule has 29 heavy (non-hydrogen) atoms. The molecule has 0 aliphatic carbocycles. The first-order valence-electron chi connectivity index (χ1n) is 7.82. The van der Waals surface area contributed by atoms with Crippen LogP contribution in [0, 0.1) is 0 Å². The monoisotopic (exact) mass is 509 g/mol. The summed E-state index contributed by atoms with van der Waals surface area (Å²) in [5.74, 6) is -0.408. The lowest BCUT2D eigenvalue weighted by Crippen LogP contribution is -2.16. The maximum atomic E-state index is 12.3. The second-order valence-corrected chi connectivity index (χ2v) is 10.1. The Hall–Kier alpha value is -1.34. The smallest absolute Gasteiger partial charge is 0.343 e. The molecule has 5 nitrogen and oxygen atoms in total. The van der Waals surface area contributed by atoms with Crippen LogP contribution in [0.15, 0.2) is 54.6 Å². The molecule has 1 heterocycles. The van der Waals surface area contributed by atoms with E-state index in [0.717, 1.165) is 0 Å². The Morgan fingerprint density at radius 1 is 0.724 bits per heavy atom. The molecule has 2 aromatic carbocycles. The fraction of sp³-hybridized carbons (Fsp3) is 0.111. The standard InChI is InChI=1S/C18H9Cl6N3O2/c19-17(20,21)15-25-13(26-16(27-15)18(22,23)24)10-6-8-11(9-7-10)14(28)29-12-4-2-1-3-5-12/h1-9H. The molecular formula is C18H9Cl6N3O2. The fourth-order valence-corrected chi connectivity index (χ4v) is 2.68. The van der Waals surface area contributed by atoms with Crippen LogP contribution in [0.1, 0.15) is 22.0 Å². The Kier molecular flexibility index (Phi) is 6.78. The Morgan fingerprint density at radius 3 is 1.72 bits per heavy atom. The zero-order chi connectivity index (χ0) is 21.2. The van der Waals surface area contributed by atoms with Crippen LogP contribution in [-0.4, -0.2) is 20.9 Å². The van der Waals surface area contributed by atoms with Crippen molar-refractivity contribution < 1.29 is 9.53 Å². The summed E-state index contributed by atoms with van der Waals surface area (Å²) in [6.45, 7) is 0. The second-order valence-electron chi connectivity index (χ2n) is 5.58. The summed E-state index contributed by atoms with van der Waals surface area (Å²) >= 11 is 35.2. The molecule has 1 aromatic heterocycles. The molecule has 0 saturated heterocycles. The molecule has 3 rings (SSSR count). The molecule has 0 amide bonds. The van der Waals surface area contributed by atoms with Gasteiger partial charge < -0.3 is 4.74 Å². The zero-order valence-corrected chi connectivity index (χ0v) is 18.7. The van der Waals surface area contributed by atoms with Gasteiger partial charge in [-0.3, -0.25) is 0 Å². The average molecular weight is 512 g/mol. The summed E-state index contributed by atoms with van der Waals surface area (Å²) in [5, 5.41) is 0. The quantitative estimate of drug-likeness (QED) is 0.231. The molecule has 0 spiro atoms. The van der Waals surface area contributed by atoms with Crippen molar-refractivity contribution in [2.45, 2.75) is 7.59 Å². The van der Waals surface area contributed by atoms with Gasteiger partial charge in [0, 0.05) is 5.56 Å². The minimum Gasteiger partial charge on any atom is -0.423 e. The number of benzene rings is 2. The number of halogens is 6. The number of para-hydroxylation sites is 1. The van der Waals surface area contributed by atoms with E-state index in [1.807, 2.05) is 6.07 Å². The molecular weight excluding hydrogens is 503 g/mol. The van der Waals surface area contributed by atoms with Crippen molar-refractivity contribution in [2.24, 2.45) is 0 Å². The van der Waals surface area contributed by atoms with Crippen LogP contribution in [0.2, 0.25) is 0 Å². The molecule has 0 N–H and O–H groups in total. The van der Waals surface area contributed by atoms with Crippen molar-refractivity contribution in [3.63, 3.8) is 0 Å². The molecule has 0 aliphatic rings. The van der Waals surface area contributed by atoms with Gasteiger partial charge in [-0.15, -0.1) is 0 Å². The Labute approximate surface area is 195 Å². The molecule has 0 radical (unpaired) electrons. The molecule has 0 fully saturated rings. The van der Waals surface area contributed by atoms with Crippen LogP contribution in [0.5, 0.6) is 5.75 Å². The highest BCUT2D eigenvalue weighted by molar-refractivity contribution is 6.67. The minimum atomic E-state index is -1.96. The van der Waals surface area contributed by atoms with Crippen LogP contribution < -0.4 is 4.74 Å². The maximum absolute atomic E-state index is 12.3. The molecule has 0 atom stereocenters. The lowest BCUT2D eigenvalue weighted by Gasteiger charge is -2.15. The van der Waals surface area contributed by atoms with Crippen LogP contribution in [-0.2, 0) is 7.59 Å². The van der Waals surface area contributed by atoms with Gasteiger partial charge in [0.15, 0.2) is 17.5 Å². The van der Waals surface area contributed by atoms with Gasteiger partial charge in [-0.1, -0.05) is 99.9 Å². The normalized spacial score (nSPS) is 11.9. The summed E-state index contributed by atoms with van der Waals surface area (Å²) in [6.07, 6.45) is 0. The third-order valence-corrected chi connectivity index (χ3v) is 4.49. The fourth-order valence-electron chi connectivity index (χ4n) is 2.17. The Morgan fingerprint density at radius 2 is 1.24 bits per heavy atom. The highest BCUT2D eigenvalue weighted by Gasteiger charge is 2.34. The van der Waals surface area contributed by atoms with Gasteiger partial charge in [-0.05, 0) is 24.3 Å². The van der Waals surface area contributed by atoms with E-state index >= 15 is 0 Å². The summed E-state index contributed by atoms with van der Waals surface area (Å²) < 4.78 is 1.38. The van der Waals surface area contributed by atoms with Crippen molar-refractivity contribution in [2.75, 3.05) is 0 Å². The van der Waals surface area contributed by atoms with E-state index in [1.54, 1.807) is 36.4 Å². The number of nitrogens with zero attached hydrogens (tertiary/aromatic N) is 3. The van der Waals surface area contributed by atoms with Gasteiger partial charge in [0.1, 0.15) is 5.75 Å². The highest BCUT2D eigenvalue weighted by atomic mass is 35.6. The lowest BCUT2D eigenvalue weighted by molar-refractivity contribution is 0.0735. The first-order chi connectivity index (χ1) is 13.5. The third-order valence-electron chi connectivity index (χ3n) is 3.48. The predicted molar refractivity (Wildman–Crippen MR) is 115 cm³/mol. The third kappa shape index (κ3) is 5.85. The Balaban J connectivity index is 1.92. The van der Waals surface area contributed by atoms with Gasteiger partial charge in [0.25, 0.3) is 0 Å². The van der Waals surface area contributed by atoms with E-state index in [-0.39, 0.29) is 17.5 Å². The topological polar surface area (TPSA) is 65.0 Å². The van der Waals surface area contributed by atoms with E-state index in [0.29, 0.717) is 16.9 Å². The van der Waals surface area contributed by atoms with E-state index in [4.69, 9.17) is 74.3 Å². The summed E-state index contributed by atoms with van der Waals surface area (Å²) in [4.78, 5) is 24.4. The van der Waals surface area contributed by atoms with Crippen LogP contribution >= 0.6 is 69.6 Å². The number of carbonyl (C=O) groups excluding carboxylic acids is 1. The molecule has 0 bridgehead atoms. The van der Waals surface area contributed by atoms with E-state index in [2.05, 4.69) is 15.0 Å². The number of rotatable bonds is 3. The van der Waals surface area contributed by atoms with Crippen LogP contribution in [0.4, 0.5) is 0 Å². The minimum absolute atomic E-state index is 0.102. The number of alkyl halides is 6. The summed E-state index contributed by atoms with van der Waals surface area (Å²) in [7, 11) is 0. The van der Waals surface area contributed by atoms with Gasteiger partial charge in [0.05, 0.1) is 5.56 Å².